The van der Waals surface area contributed by atoms with Crippen LogP contribution in [0.2, 0.25) is 0 Å². The first-order chi connectivity index (χ1) is 18.0. The molecule has 0 unspecified atom stereocenters. The van der Waals surface area contributed by atoms with Crippen molar-refractivity contribution in [2.45, 2.75) is 21.1 Å². The molecule has 190 valence electrons. The van der Waals surface area contributed by atoms with Crippen LogP contribution in [0.25, 0.3) is 11.3 Å². The van der Waals surface area contributed by atoms with Crippen LogP contribution in [0.4, 0.5) is 0 Å². The topological polar surface area (TPSA) is 130 Å². The summed E-state index contributed by atoms with van der Waals surface area (Å²) in [5.74, 6) is 2.72. The second-order valence-corrected chi connectivity index (χ2v) is 9.28. The number of nitriles is 1. The highest BCUT2D eigenvalue weighted by molar-refractivity contribution is 7.99. The number of ether oxygens (including phenoxy) is 4. The van der Waals surface area contributed by atoms with Gasteiger partial charge in [0.25, 0.3) is 0 Å². The van der Waals surface area contributed by atoms with E-state index in [1.807, 2.05) is 24.3 Å². The minimum absolute atomic E-state index is 0.274. The first-order valence-electron chi connectivity index (χ1n) is 10.8. The SMILES string of the molecule is COc1ccc(CSc2nc(Sc3nnnn3C)c(C#N)c(-c3cc(OC)c(OC)c(OC)c3)n2)cc1. The number of aromatic nitrogens is 6. The molecule has 0 aliphatic rings. The Morgan fingerprint density at radius 1 is 0.946 bits per heavy atom. The Labute approximate surface area is 222 Å². The molecular weight excluding hydrogens is 514 g/mol. The van der Waals surface area contributed by atoms with Gasteiger partial charge < -0.3 is 18.9 Å². The fraction of sp³-hybridized carbons (Fsp3) is 0.250. The lowest BCUT2D eigenvalue weighted by Gasteiger charge is -2.15. The van der Waals surface area contributed by atoms with Crippen LogP contribution in [-0.2, 0) is 12.8 Å². The van der Waals surface area contributed by atoms with Crippen molar-refractivity contribution in [1.29, 1.82) is 5.26 Å². The molecule has 11 nitrogen and oxygen atoms in total. The molecule has 4 rings (SSSR count). The van der Waals surface area contributed by atoms with E-state index in [-0.39, 0.29) is 5.56 Å². The highest BCUT2D eigenvalue weighted by atomic mass is 32.2. The number of benzene rings is 2. The van der Waals surface area contributed by atoms with E-state index in [1.54, 1.807) is 26.3 Å². The molecule has 0 fully saturated rings. The third kappa shape index (κ3) is 5.71. The molecule has 0 saturated heterocycles. The van der Waals surface area contributed by atoms with Crippen molar-refractivity contribution in [3.63, 3.8) is 0 Å². The van der Waals surface area contributed by atoms with Gasteiger partial charge in [0.2, 0.25) is 10.9 Å². The first kappa shape index (κ1) is 26.1. The maximum atomic E-state index is 10.2. The van der Waals surface area contributed by atoms with Crippen LogP contribution in [0.1, 0.15) is 11.1 Å². The average Bonchev–Trinajstić information content (AvgIpc) is 3.34. The number of thioether (sulfide) groups is 1. The number of hydrogen-bond acceptors (Lipinski definition) is 12. The van der Waals surface area contributed by atoms with Crippen molar-refractivity contribution in [2.24, 2.45) is 7.05 Å². The van der Waals surface area contributed by atoms with Gasteiger partial charge in [-0.1, -0.05) is 23.9 Å². The second-order valence-electron chi connectivity index (χ2n) is 7.38. The molecule has 0 N–H and O–H groups in total. The monoisotopic (exact) mass is 537 g/mol. The lowest BCUT2D eigenvalue weighted by Crippen LogP contribution is -2.02. The Morgan fingerprint density at radius 2 is 1.65 bits per heavy atom. The summed E-state index contributed by atoms with van der Waals surface area (Å²) in [6.07, 6.45) is 0. The van der Waals surface area contributed by atoms with E-state index in [0.717, 1.165) is 11.3 Å². The van der Waals surface area contributed by atoms with E-state index in [1.165, 1.54) is 49.5 Å². The van der Waals surface area contributed by atoms with Crippen LogP contribution in [0.5, 0.6) is 23.0 Å². The fourth-order valence-corrected chi connectivity index (χ4v) is 5.00. The molecule has 0 radical (unpaired) electrons. The summed E-state index contributed by atoms with van der Waals surface area (Å²) in [7, 11) is 7.94. The fourth-order valence-electron chi connectivity index (χ4n) is 3.35. The van der Waals surface area contributed by atoms with E-state index in [9.17, 15) is 5.26 Å². The van der Waals surface area contributed by atoms with Gasteiger partial charge in [-0.05, 0) is 52.0 Å². The van der Waals surface area contributed by atoms with Crippen molar-refractivity contribution in [3.05, 3.63) is 47.5 Å². The number of tetrazole rings is 1. The predicted molar refractivity (Wildman–Crippen MR) is 137 cm³/mol. The summed E-state index contributed by atoms with van der Waals surface area (Å²) in [6, 6.07) is 13.5. The Bertz CT molecular complexity index is 1410. The van der Waals surface area contributed by atoms with Crippen molar-refractivity contribution >= 4 is 23.5 Å². The van der Waals surface area contributed by atoms with Gasteiger partial charge >= 0.3 is 0 Å². The van der Waals surface area contributed by atoms with Crippen molar-refractivity contribution in [1.82, 2.24) is 30.2 Å². The minimum atomic E-state index is 0.274. The molecule has 0 bridgehead atoms. The number of aryl methyl sites for hydroxylation is 1. The summed E-state index contributed by atoms with van der Waals surface area (Å²) < 4.78 is 23.2. The molecular formula is C24H23N7O4S2. The minimum Gasteiger partial charge on any atom is -0.497 e. The van der Waals surface area contributed by atoms with E-state index < -0.39 is 0 Å². The molecule has 2 aromatic carbocycles. The van der Waals surface area contributed by atoms with E-state index >= 15 is 0 Å². The molecule has 2 aromatic heterocycles. The zero-order valence-electron chi connectivity index (χ0n) is 20.8. The van der Waals surface area contributed by atoms with Gasteiger partial charge in [-0.2, -0.15) is 5.26 Å². The van der Waals surface area contributed by atoms with Gasteiger partial charge in [0.15, 0.2) is 16.7 Å². The van der Waals surface area contributed by atoms with Gasteiger partial charge in [-0.3, -0.25) is 0 Å². The van der Waals surface area contributed by atoms with Crippen LogP contribution >= 0.6 is 23.5 Å². The van der Waals surface area contributed by atoms with Gasteiger partial charge in [-0.25, -0.2) is 14.6 Å². The number of rotatable bonds is 10. The summed E-state index contributed by atoms with van der Waals surface area (Å²) >= 11 is 2.63. The van der Waals surface area contributed by atoms with Crippen LogP contribution < -0.4 is 18.9 Å². The van der Waals surface area contributed by atoms with Crippen LogP contribution in [0.3, 0.4) is 0 Å². The van der Waals surface area contributed by atoms with E-state index in [4.69, 9.17) is 23.9 Å². The Hall–Kier alpha value is -4.02. The van der Waals surface area contributed by atoms with Crippen LogP contribution in [0, 0.1) is 11.3 Å². The normalized spacial score (nSPS) is 10.6. The van der Waals surface area contributed by atoms with Gasteiger partial charge in [0, 0.05) is 18.4 Å². The highest BCUT2D eigenvalue weighted by Crippen LogP contribution is 2.43. The van der Waals surface area contributed by atoms with Crippen LogP contribution in [-0.4, -0.2) is 58.6 Å². The summed E-state index contributed by atoms with van der Waals surface area (Å²) in [6.45, 7) is 0. The zero-order chi connectivity index (χ0) is 26.4. The molecule has 0 aliphatic carbocycles. The number of hydrogen-bond donors (Lipinski definition) is 0. The summed E-state index contributed by atoms with van der Waals surface area (Å²) in [4.78, 5) is 9.45. The molecule has 0 atom stereocenters. The zero-order valence-corrected chi connectivity index (χ0v) is 22.4. The molecule has 0 aliphatic heterocycles. The van der Waals surface area contributed by atoms with Gasteiger partial charge in [0.05, 0.1) is 34.1 Å². The lowest BCUT2D eigenvalue weighted by molar-refractivity contribution is 0.324. The third-order valence-corrected chi connectivity index (χ3v) is 7.14. The third-order valence-electron chi connectivity index (χ3n) is 5.20. The highest BCUT2D eigenvalue weighted by Gasteiger charge is 2.22. The van der Waals surface area contributed by atoms with Crippen molar-refractivity contribution in [3.8, 4) is 40.3 Å². The van der Waals surface area contributed by atoms with Gasteiger partial charge in [-0.15, -0.1) is 5.10 Å². The smallest absolute Gasteiger partial charge is 0.215 e. The van der Waals surface area contributed by atoms with Gasteiger partial charge in [0.1, 0.15) is 22.4 Å². The molecule has 0 amide bonds. The molecule has 13 heteroatoms. The maximum Gasteiger partial charge on any atom is 0.215 e. The molecule has 0 saturated carbocycles. The molecule has 4 aromatic rings. The van der Waals surface area contributed by atoms with E-state index in [2.05, 4.69) is 26.6 Å². The second kappa shape index (κ2) is 11.8. The standard InChI is InChI=1S/C24H23N7O4S2/c1-31-24(28-29-30-31)37-22-17(12-25)20(15-10-18(33-3)21(35-5)19(11-15)34-4)26-23(27-22)36-13-14-6-8-16(32-2)9-7-14/h6-11H,13H2,1-5H3. The van der Waals surface area contributed by atoms with Crippen molar-refractivity contribution < 1.29 is 18.9 Å². The summed E-state index contributed by atoms with van der Waals surface area (Å²) in [5, 5.41) is 23.1. The average molecular weight is 538 g/mol. The summed E-state index contributed by atoms with van der Waals surface area (Å²) in [5.41, 5.74) is 2.38. The van der Waals surface area contributed by atoms with E-state index in [0.29, 0.717) is 49.6 Å². The van der Waals surface area contributed by atoms with Crippen LogP contribution in [0.15, 0.2) is 51.7 Å². The lowest BCUT2D eigenvalue weighted by atomic mass is 10.1. The van der Waals surface area contributed by atoms with Crippen molar-refractivity contribution in [2.75, 3.05) is 28.4 Å². The quantitative estimate of drug-likeness (QED) is 0.164. The number of methoxy groups -OCH3 is 4. The maximum absolute atomic E-state index is 10.2. The Morgan fingerprint density at radius 3 is 2.19 bits per heavy atom. The Kier molecular flexibility index (Phi) is 8.32. The number of nitrogens with zero attached hydrogens (tertiary/aromatic N) is 7. The largest absolute Gasteiger partial charge is 0.497 e. The Balaban J connectivity index is 1.81. The molecule has 2 heterocycles. The molecule has 0 spiro atoms. The predicted octanol–water partition coefficient (Wildman–Crippen LogP) is 4.02. The molecule has 37 heavy (non-hydrogen) atoms. The first-order valence-corrected chi connectivity index (χ1v) is 12.6.